The third-order valence-electron chi connectivity index (χ3n) is 6.00. The Labute approximate surface area is 123 Å². The van der Waals surface area contributed by atoms with Crippen molar-refractivity contribution in [2.75, 3.05) is 46.4 Å². The van der Waals surface area contributed by atoms with Gasteiger partial charge in [-0.05, 0) is 51.6 Å². The SMILES string of the molecule is CNC1(CO)CCCC1CCN1CCN(C2CC2)CC1. The number of piperazine rings is 1. The molecule has 0 aromatic rings. The smallest absolute Gasteiger partial charge is 0.0615 e. The third kappa shape index (κ3) is 3.03. The van der Waals surface area contributed by atoms with E-state index in [2.05, 4.69) is 15.1 Å². The maximum Gasteiger partial charge on any atom is 0.0615 e. The summed E-state index contributed by atoms with van der Waals surface area (Å²) in [4.78, 5) is 5.31. The van der Waals surface area contributed by atoms with E-state index in [0.29, 0.717) is 12.5 Å². The van der Waals surface area contributed by atoms with Gasteiger partial charge >= 0.3 is 0 Å². The monoisotopic (exact) mass is 281 g/mol. The molecule has 3 rings (SSSR count). The molecule has 1 heterocycles. The van der Waals surface area contributed by atoms with Crippen LogP contribution in [0.3, 0.4) is 0 Å². The standard InChI is InChI=1S/C16H31N3O/c1-17-16(13-20)7-2-3-14(16)6-8-18-9-11-19(12-10-18)15-4-5-15/h14-15,17,20H,2-13H2,1H3. The van der Waals surface area contributed by atoms with Crippen molar-refractivity contribution in [2.45, 2.75) is 50.1 Å². The zero-order valence-electron chi connectivity index (χ0n) is 13.0. The minimum atomic E-state index is 0.00976. The van der Waals surface area contributed by atoms with Crippen LogP contribution in [0.2, 0.25) is 0 Å². The summed E-state index contributed by atoms with van der Waals surface area (Å²) in [5, 5.41) is 13.2. The number of nitrogens with zero attached hydrogens (tertiary/aromatic N) is 2. The fraction of sp³-hybridized carbons (Fsp3) is 1.00. The fourth-order valence-corrected chi connectivity index (χ4v) is 4.31. The van der Waals surface area contributed by atoms with E-state index in [1.807, 2.05) is 7.05 Å². The molecule has 3 fully saturated rings. The van der Waals surface area contributed by atoms with Crippen LogP contribution in [0, 0.1) is 5.92 Å². The Morgan fingerprint density at radius 1 is 1.15 bits per heavy atom. The molecular weight excluding hydrogens is 250 g/mol. The number of rotatable bonds is 6. The summed E-state index contributed by atoms with van der Waals surface area (Å²) in [6.07, 6.45) is 7.79. The predicted molar refractivity (Wildman–Crippen MR) is 81.9 cm³/mol. The Morgan fingerprint density at radius 3 is 2.50 bits per heavy atom. The molecule has 1 saturated heterocycles. The largest absolute Gasteiger partial charge is 0.394 e. The molecule has 20 heavy (non-hydrogen) atoms. The molecule has 0 aromatic carbocycles. The Bertz CT molecular complexity index is 307. The summed E-state index contributed by atoms with van der Waals surface area (Å²) in [6, 6.07) is 0.929. The normalized spacial score (nSPS) is 36.6. The molecule has 2 unspecified atom stereocenters. The van der Waals surface area contributed by atoms with Crippen molar-refractivity contribution in [3.8, 4) is 0 Å². The van der Waals surface area contributed by atoms with Crippen LogP contribution in [0.1, 0.15) is 38.5 Å². The molecule has 0 amide bonds. The van der Waals surface area contributed by atoms with Gasteiger partial charge in [0.2, 0.25) is 0 Å². The second kappa shape index (κ2) is 6.30. The van der Waals surface area contributed by atoms with Crippen molar-refractivity contribution in [2.24, 2.45) is 5.92 Å². The van der Waals surface area contributed by atoms with Crippen LogP contribution in [0.15, 0.2) is 0 Å². The van der Waals surface area contributed by atoms with Gasteiger partial charge in [-0.3, -0.25) is 4.90 Å². The van der Waals surface area contributed by atoms with E-state index in [4.69, 9.17) is 0 Å². The number of hydrogen-bond acceptors (Lipinski definition) is 4. The summed E-state index contributed by atoms with van der Waals surface area (Å²) >= 11 is 0. The van der Waals surface area contributed by atoms with E-state index in [1.54, 1.807) is 0 Å². The first-order valence-electron chi connectivity index (χ1n) is 8.53. The van der Waals surface area contributed by atoms with Gasteiger partial charge in [-0.1, -0.05) is 6.42 Å². The summed E-state index contributed by atoms with van der Waals surface area (Å²) in [5.41, 5.74) is 0.00976. The van der Waals surface area contributed by atoms with E-state index >= 15 is 0 Å². The van der Waals surface area contributed by atoms with Crippen LogP contribution < -0.4 is 5.32 Å². The first-order valence-corrected chi connectivity index (χ1v) is 8.53. The van der Waals surface area contributed by atoms with E-state index in [0.717, 1.165) is 12.5 Å². The van der Waals surface area contributed by atoms with Crippen LogP contribution in [0.4, 0.5) is 0 Å². The van der Waals surface area contributed by atoms with Gasteiger partial charge in [-0.2, -0.15) is 0 Å². The maximum absolute atomic E-state index is 9.74. The molecule has 2 N–H and O–H groups in total. The molecule has 116 valence electrons. The first-order chi connectivity index (χ1) is 9.77. The molecule has 4 heteroatoms. The minimum absolute atomic E-state index is 0.00976. The second-order valence-corrected chi connectivity index (χ2v) is 7.05. The van der Waals surface area contributed by atoms with E-state index in [1.165, 1.54) is 64.8 Å². The van der Waals surface area contributed by atoms with Gasteiger partial charge < -0.3 is 15.3 Å². The van der Waals surface area contributed by atoms with Gasteiger partial charge in [0, 0.05) is 37.8 Å². The van der Waals surface area contributed by atoms with Crippen LogP contribution in [0.5, 0.6) is 0 Å². The van der Waals surface area contributed by atoms with Gasteiger partial charge in [-0.15, -0.1) is 0 Å². The summed E-state index contributed by atoms with van der Waals surface area (Å²) in [5.74, 6) is 0.652. The number of likely N-dealkylation sites (N-methyl/N-ethyl adjacent to an activating group) is 1. The minimum Gasteiger partial charge on any atom is -0.394 e. The van der Waals surface area contributed by atoms with Crippen molar-refractivity contribution in [3.63, 3.8) is 0 Å². The molecule has 2 atom stereocenters. The molecule has 0 spiro atoms. The molecule has 4 nitrogen and oxygen atoms in total. The lowest BCUT2D eigenvalue weighted by molar-refractivity contribution is 0.0964. The maximum atomic E-state index is 9.74. The molecule has 0 aromatic heterocycles. The Kier molecular flexibility index (Phi) is 4.65. The summed E-state index contributed by atoms with van der Waals surface area (Å²) in [6.45, 7) is 6.54. The van der Waals surface area contributed by atoms with Crippen molar-refractivity contribution in [1.29, 1.82) is 0 Å². The molecule has 3 aliphatic rings. The van der Waals surface area contributed by atoms with Crippen LogP contribution in [0.25, 0.3) is 0 Å². The molecule has 0 radical (unpaired) electrons. The highest BCUT2D eigenvalue weighted by Gasteiger charge is 2.41. The molecule has 2 aliphatic carbocycles. The quantitative estimate of drug-likeness (QED) is 0.759. The average Bonchev–Trinajstić information content (AvgIpc) is 3.26. The Morgan fingerprint density at radius 2 is 1.90 bits per heavy atom. The number of aliphatic hydroxyl groups excluding tert-OH is 1. The number of nitrogens with one attached hydrogen (secondary N) is 1. The van der Waals surface area contributed by atoms with Gasteiger partial charge in [0.15, 0.2) is 0 Å². The van der Waals surface area contributed by atoms with E-state index < -0.39 is 0 Å². The van der Waals surface area contributed by atoms with Crippen molar-refractivity contribution < 1.29 is 5.11 Å². The van der Waals surface area contributed by atoms with Gasteiger partial charge in [0.1, 0.15) is 0 Å². The van der Waals surface area contributed by atoms with E-state index in [9.17, 15) is 5.11 Å². The lowest BCUT2D eigenvalue weighted by atomic mass is 9.85. The van der Waals surface area contributed by atoms with Crippen LogP contribution in [-0.2, 0) is 0 Å². The molecule has 0 bridgehead atoms. The average molecular weight is 281 g/mol. The zero-order chi connectivity index (χ0) is 14.0. The lowest BCUT2D eigenvalue weighted by Crippen LogP contribution is -2.51. The van der Waals surface area contributed by atoms with Gasteiger partial charge in [-0.25, -0.2) is 0 Å². The zero-order valence-corrected chi connectivity index (χ0v) is 13.0. The topological polar surface area (TPSA) is 38.7 Å². The first kappa shape index (κ1) is 14.8. The Balaban J connectivity index is 1.43. The fourth-order valence-electron chi connectivity index (χ4n) is 4.31. The highest BCUT2D eigenvalue weighted by molar-refractivity contribution is 4.98. The molecule has 1 aliphatic heterocycles. The number of hydrogen-bond donors (Lipinski definition) is 2. The van der Waals surface area contributed by atoms with Crippen molar-refractivity contribution in [3.05, 3.63) is 0 Å². The van der Waals surface area contributed by atoms with Crippen LogP contribution in [-0.4, -0.2) is 72.9 Å². The predicted octanol–water partition coefficient (Wildman–Crippen LogP) is 0.907. The molecular formula is C16H31N3O. The van der Waals surface area contributed by atoms with Crippen LogP contribution >= 0.6 is 0 Å². The van der Waals surface area contributed by atoms with Gasteiger partial charge in [0.05, 0.1) is 6.61 Å². The highest BCUT2D eigenvalue weighted by Crippen LogP contribution is 2.37. The van der Waals surface area contributed by atoms with Crippen molar-refractivity contribution in [1.82, 2.24) is 15.1 Å². The van der Waals surface area contributed by atoms with E-state index in [-0.39, 0.29) is 5.54 Å². The second-order valence-electron chi connectivity index (χ2n) is 7.05. The Hall–Kier alpha value is -0.160. The lowest BCUT2D eigenvalue weighted by Gasteiger charge is -2.38. The van der Waals surface area contributed by atoms with Gasteiger partial charge in [0.25, 0.3) is 0 Å². The molecule has 2 saturated carbocycles. The third-order valence-corrected chi connectivity index (χ3v) is 6.00. The summed E-state index contributed by atoms with van der Waals surface area (Å²) < 4.78 is 0. The summed E-state index contributed by atoms with van der Waals surface area (Å²) in [7, 11) is 2.02. The van der Waals surface area contributed by atoms with Crippen molar-refractivity contribution >= 4 is 0 Å². The highest BCUT2D eigenvalue weighted by atomic mass is 16.3. The number of aliphatic hydroxyl groups is 1.